The van der Waals surface area contributed by atoms with Gasteiger partial charge in [0.05, 0.1) is 6.04 Å². The van der Waals surface area contributed by atoms with Crippen molar-refractivity contribution in [2.75, 3.05) is 0 Å². The fourth-order valence-corrected chi connectivity index (χ4v) is 1.74. The summed E-state index contributed by atoms with van der Waals surface area (Å²) in [7, 11) is 0. The zero-order chi connectivity index (χ0) is 8.97. The third-order valence-electron chi connectivity index (χ3n) is 1.47. The number of hydrogen-bond acceptors (Lipinski definition) is 2. The van der Waals surface area contributed by atoms with Crippen LogP contribution in [0.3, 0.4) is 0 Å². The predicted octanol–water partition coefficient (Wildman–Crippen LogP) is 2.28. The zero-order valence-electron chi connectivity index (χ0n) is 6.49. The SMILES string of the molecule is [CH2]CC(NC(=O)O)c1cccs1. The van der Waals surface area contributed by atoms with Crippen LogP contribution in [0.25, 0.3) is 0 Å². The highest BCUT2D eigenvalue weighted by atomic mass is 32.1. The summed E-state index contributed by atoms with van der Waals surface area (Å²) in [6, 6.07) is 3.63. The Hall–Kier alpha value is -1.03. The van der Waals surface area contributed by atoms with Gasteiger partial charge in [-0.05, 0) is 17.9 Å². The first-order valence-corrected chi connectivity index (χ1v) is 4.44. The smallest absolute Gasteiger partial charge is 0.405 e. The fourth-order valence-electron chi connectivity index (χ4n) is 0.924. The Labute approximate surface area is 75.0 Å². The molecule has 2 N–H and O–H groups in total. The van der Waals surface area contributed by atoms with Gasteiger partial charge < -0.3 is 10.4 Å². The Balaban J connectivity index is 2.63. The van der Waals surface area contributed by atoms with Gasteiger partial charge in [0.1, 0.15) is 0 Å². The van der Waals surface area contributed by atoms with Gasteiger partial charge in [0, 0.05) is 4.88 Å². The van der Waals surface area contributed by atoms with Gasteiger partial charge in [-0.25, -0.2) is 4.79 Å². The lowest BCUT2D eigenvalue weighted by Gasteiger charge is -2.11. The van der Waals surface area contributed by atoms with Crippen LogP contribution in [0.1, 0.15) is 17.3 Å². The molecule has 0 fully saturated rings. The quantitative estimate of drug-likeness (QED) is 0.757. The van der Waals surface area contributed by atoms with Crippen LogP contribution in [-0.2, 0) is 0 Å². The molecule has 1 amide bonds. The van der Waals surface area contributed by atoms with Gasteiger partial charge >= 0.3 is 6.09 Å². The van der Waals surface area contributed by atoms with E-state index in [4.69, 9.17) is 5.11 Å². The number of carbonyl (C=O) groups is 1. The van der Waals surface area contributed by atoms with E-state index < -0.39 is 6.09 Å². The molecule has 1 atom stereocenters. The molecule has 1 unspecified atom stereocenters. The predicted molar refractivity (Wildman–Crippen MR) is 48.2 cm³/mol. The van der Waals surface area contributed by atoms with E-state index in [1.54, 1.807) is 0 Å². The minimum absolute atomic E-state index is 0.164. The minimum atomic E-state index is -1.00. The highest BCUT2D eigenvalue weighted by Crippen LogP contribution is 2.20. The Kier molecular flexibility index (Phi) is 3.10. The van der Waals surface area contributed by atoms with E-state index in [2.05, 4.69) is 12.2 Å². The first kappa shape index (κ1) is 9.06. The molecular formula is C8H10NO2S. The molecule has 3 nitrogen and oxygen atoms in total. The summed E-state index contributed by atoms with van der Waals surface area (Å²) >= 11 is 1.53. The van der Waals surface area contributed by atoms with Gasteiger partial charge in [0.2, 0.25) is 0 Å². The van der Waals surface area contributed by atoms with Crippen molar-refractivity contribution in [3.8, 4) is 0 Å². The van der Waals surface area contributed by atoms with Crippen LogP contribution in [0.15, 0.2) is 17.5 Å². The molecule has 1 aromatic heterocycles. The third-order valence-corrected chi connectivity index (χ3v) is 2.46. The van der Waals surface area contributed by atoms with E-state index in [1.807, 2.05) is 17.5 Å². The van der Waals surface area contributed by atoms with Crippen molar-refractivity contribution in [2.45, 2.75) is 12.5 Å². The number of amides is 1. The van der Waals surface area contributed by atoms with Crippen LogP contribution in [0.2, 0.25) is 0 Å². The highest BCUT2D eigenvalue weighted by Gasteiger charge is 2.11. The van der Waals surface area contributed by atoms with Crippen LogP contribution in [0, 0.1) is 6.92 Å². The molecule has 1 radical (unpaired) electrons. The molecular weight excluding hydrogens is 174 g/mol. The van der Waals surface area contributed by atoms with E-state index in [9.17, 15) is 4.79 Å². The summed E-state index contributed by atoms with van der Waals surface area (Å²) in [6.45, 7) is 3.68. The van der Waals surface area contributed by atoms with Crippen molar-refractivity contribution in [2.24, 2.45) is 0 Å². The normalized spacial score (nSPS) is 12.4. The molecule has 0 aliphatic heterocycles. The summed E-state index contributed by atoms with van der Waals surface area (Å²) < 4.78 is 0. The van der Waals surface area contributed by atoms with Crippen molar-refractivity contribution in [3.05, 3.63) is 29.3 Å². The maximum atomic E-state index is 10.3. The highest BCUT2D eigenvalue weighted by molar-refractivity contribution is 7.10. The first-order chi connectivity index (χ1) is 5.74. The molecule has 0 saturated heterocycles. The van der Waals surface area contributed by atoms with Crippen LogP contribution in [0.4, 0.5) is 4.79 Å². The van der Waals surface area contributed by atoms with Gasteiger partial charge in [-0.15, -0.1) is 11.3 Å². The molecule has 0 aliphatic rings. The molecule has 4 heteroatoms. The van der Waals surface area contributed by atoms with Crippen LogP contribution >= 0.6 is 11.3 Å². The van der Waals surface area contributed by atoms with Crippen molar-refractivity contribution in [3.63, 3.8) is 0 Å². The molecule has 65 valence electrons. The van der Waals surface area contributed by atoms with Gasteiger partial charge in [0.25, 0.3) is 0 Å². The molecule has 0 aromatic carbocycles. The fraction of sp³-hybridized carbons (Fsp3) is 0.250. The number of hydrogen-bond donors (Lipinski definition) is 2. The standard InChI is InChI=1S/C8H10NO2S/c1-2-6(9-8(10)11)7-4-3-5-12-7/h3-6,9H,1-2H2,(H,10,11). The van der Waals surface area contributed by atoms with Crippen molar-refractivity contribution in [1.29, 1.82) is 0 Å². The molecule has 1 heterocycles. The Bertz CT molecular complexity index is 246. The lowest BCUT2D eigenvalue weighted by molar-refractivity contribution is 0.190. The second-order valence-electron chi connectivity index (χ2n) is 2.31. The number of nitrogens with one attached hydrogen (secondary N) is 1. The molecule has 0 saturated carbocycles. The molecule has 12 heavy (non-hydrogen) atoms. The van der Waals surface area contributed by atoms with Crippen molar-refractivity contribution in [1.82, 2.24) is 5.32 Å². The van der Waals surface area contributed by atoms with Gasteiger partial charge in [-0.2, -0.15) is 0 Å². The van der Waals surface area contributed by atoms with E-state index >= 15 is 0 Å². The van der Waals surface area contributed by atoms with Gasteiger partial charge in [-0.1, -0.05) is 13.0 Å². The van der Waals surface area contributed by atoms with Crippen molar-refractivity contribution >= 4 is 17.4 Å². The first-order valence-electron chi connectivity index (χ1n) is 3.56. The van der Waals surface area contributed by atoms with E-state index in [1.165, 1.54) is 11.3 Å². The van der Waals surface area contributed by atoms with Crippen LogP contribution < -0.4 is 5.32 Å². The monoisotopic (exact) mass is 184 g/mol. The second kappa shape index (κ2) is 4.11. The van der Waals surface area contributed by atoms with Crippen LogP contribution in [0.5, 0.6) is 0 Å². The summed E-state index contributed by atoms with van der Waals surface area (Å²) in [5.41, 5.74) is 0. The van der Waals surface area contributed by atoms with Gasteiger partial charge in [0.15, 0.2) is 0 Å². The molecule has 0 bridgehead atoms. The Morgan fingerprint density at radius 2 is 2.58 bits per heavy atom. The van der Waals surface area contributed by atoms with Crippen LogP contribution in [-0.4, -0.2) is 11.2 Å². The van der Waals surface area contributed by atoms with E-state index in [-0.39, 0.29) is 6.04 Å². The average molecular weight is 184 g/mol. The topological polar surface area (TPSA) is 49.3 Å². The molecule has 1 aromatic rings. The number of rotatable bonds is 3. The Morgan fingerprint density at radius 1 is 1.83 bits per heavy atom. The average Bonchev–Trinajstić information content (AvgIpc) is 2.51. The lowest BCUT2D eigenvalue weighted by Crippen LogP contribution is -2.25. The largest absolute Gasteiger partial charge is 0.465 e. The maximum Gasteiger partial charge on any atom is 0.405 e. The molecule has 0 spiro atoms. The summed E-state index contributed by atoms with van der Waals surface area (Å²) in [5.74, 6) is 0. The third kappa shape index (κ3) is 2.23. The van der Waals surface area contributed by atoms with E-state index in [0.717, 1.165) is 4.88 Å². The molecule has 0 aliphatic carbocycles. The second-order valence-corrected chi connectivity index (χ2v) is 3.29. The minimum Gasteiger partial charge on any atom is -0.465 e. The summed E-state index contributed by atoms with van der Waals surface area (Å²) in [5, 5.41) is 12.8. The summed E-state index contributed by atoms with van der Waals surface area (Å²) in [6.07, 6.45) is -0.468. The number of thiophene rings is 1. The molecule has 1 rings (SSSR count). The number of carboxylic acid groups (broad SMARTS) is 1. The summed E-state index contributed by atoms with van der Waals surface area (Å²) in [4.78, 5) is 11.3. The van der Waals surface area contributed by atoms with Gasteiger partial charge in [-0.3, -0.25) is 0 Å². The Morgan fingerprint density at radius 3 is 3.00 bits per heavy atom. The maximum absolute atomic E-state index is 10.3. The zero-order valence-corrected chi connectivity index (χ0v) is 7.30. The lowest BCUT2D eigenvalue weighted by atomic mass is 10.2. The van der Waals surface area contributed by atoms with E-state index in [0.29, 0.717) is 6.42 Å². The van der Waals surface area contributed by atoms with Crippen molar-refractivity contribution < 1.29 is 9.90 Å².